The molecule has 3 heteroatoms. The Morgan fingerprint density at radius 1 is 0.719 bits per heavy atom. The zero-order valence-corrected chi connectivity index (χ0v) is 17.9. The van der Waals surface area contributed by atoms with Crippen molar-refractivity contribution in [2.45, 2.75) is 19.4 Å². The van der Waals surface area contributed by atoms with Crippen molar-refractivity contribution in [1.29, 1.82) is 0 Å². The molecule has 0 fully saturated rings. The molecule has 0 radical (unpaired) electrons. The molecule has 4 aromatic carbocycles. The number of aryl methyl sites for hydroxylation is 1. The molecule has 6 rings (SSSR count). The molecule has 0 saturated carbocycles. The summed E-state index contributed by atoms with van der Waals surface area (Å²) in [5.41, 5.74) is 6.81. The minimum Gasteiger partial charge on any atom is -0.239 e. The first-order valence-corrected chi connectivity index (χ1v) is 11.0. The number of benzene rings is 4. The van der Waals surface area contributed by atoms with E-state index in [0.29, 0.717) is 0 Å². The van der Waals surface area contributed by atoms with E-state index in [1.54, 1.807) is 0 Å². The summed E-state index contributed by atoms with van der Waals surface area (Å²) >= 11 is 0. The molecule has 32 heavy (non-hydrogen) atoms. The zero-order chi connectivity index (χ0) is 21.5. The molecule has 1 atom stereocenters. The van der Waals surface area contributed by atoms with Gasteiger partial charge in [0, 0.05) is 12.0 Å². The van der Waals surface area contributed by atoms with Crippen LogP contribution in [0, 0.1) is 6.92 Å². The van der Waals surface area contributed by atoms with E-state index in [0.717, 1.165) is 34.8 Å². The maximum absolute atomic E-state index is 5.21. The summed E-state index contributed by atoms with van der Waals surface area (Å²) in [5.74, 6) is 0.942. The van der Waals surface area contributed by atoms with Crippen molar-refractivity contribution in [3.63, 3.8) is 0 Å². The Morgan fingerprint density at radius 2 is 1.41 bits per heavy atom. The summed E-state index contributed by atoms with van der Waals surface area (Å²) in [6.45, 7) is 2.08. The highest BCUT2D eigenvalue weighted by Crippen LogP contribution is 2.41. The standard InChI is InChI=1S/C29H23N3/c1-20-28(23-13-6-3-7-14-23)29-30-26(25-17-16-21-10-8-9-15-24(21)18-25)19-27(32(29)31-20)22-11-4-2-5-12-22/h2-18,27H,19H2,1H3. The van der Waals surface area contributed by atoms with Gasteiger partial charge >= 0.3 is 0 Å². The summed E-state index contributed by atoms with van der Waals surface area (Å²) in [6.07, 6.45) is 0.810. The van der Waals surface area contributed by atoms with Crippen LogP contribution in [0.25, 0.3) is 21.9 Å². The third-order valence-electron chi connectivity index (χ3n) is 6.31. The van der Waals surface area contributed by atoms with Crippen molar-refractivity contribution in [2.24, 2.45) is 4.99 Å². The van der Waals surface area contributed by atoms with Crippen LogP contribution < -0.4 is 0 Å². The van der Waals surface area contributed by atoms with Gasteiger partial charge < -0.3 is 0 Å². The molecule has 154 valence electrons. The van der Waals surface area contributed by atoms with Gasteiger partial charge in [0.05, 0.1) is 17.4 Å². The van der Waals surface area contributed by atoms with Gasteiger partial charge in [-0.05, 0) is 40.5 Å². The van der Waals surface area contributed by atoms with Gasteiger partial charge in [0.2, 0.25) is 0 Å². The van der Waals surface area contributed by atoms with Crippen LogP contribution in [0.15, 0.2) is 108 Å². The second-order valence-corrected chi connectivity index (χ2v) is 8.35. The van der Waals surface area contributed by atoms with E-state index >= 15 is 0 Å². The lowest BCUT2D eigenvalue weighted by Crippen LogP contribution is -2.21. The monoisotopic (exact) mass is 413 g/mol. The fourth-order valence-electron chi connectivity index (χ4n) is 4.73. The Kier molecular flexibility index (Phi) is 4.46. The molecule has 2 heterocycles. The van der Waals surface area contributed by atoms with Gasteiger partial charge in [0.1, 0.15) is 0 Å². The first kappa shape index (κ1) is 18.8. The highest BCUT2D eigenvalue weighted by atomic mass is 15.4. The van der Waals surface area contributed by atoms with Crippen molar-refractivity contribution < 1.29 is 0 Å². The van der Waals surface area contributed by atoms with Gasteiger partial charge in [-0.2, -0.15) is 5.10 Å². The molecule has 1 aliphatic heterocycles. The third kappa shape index (κ3) is 3.14. The number of aromatic nitrogens is 2. The summed E-state index contributed by atoms with van der Waals surface area (Å²) < 4.78 is 2.12. The smallest absolute Gasteiger partial charge is 0.159 e. The van der Waals surface area contributed by atoms with E-state index in [2.05, 4.69) is 109 Å². The van der Waals surface area contributed by atoms with Crippen molar-refractivity contribution >= 4 is 22.3 Å². The molecule has 0 spiro atoms. The lowest BCUT2D eigenvalue weighted by atomic mass is 9.94. The number of rotatable bonds is 3. The molecule has 1 aliphatic rings. The second-order valence-electron chi connectivity index (χ2n) is 8.35. The second kappa shape index (κ2) is 7.61. The lowest BCUT2D eigenvalue weighted by Gasteiger charge is -2.25. The number of aliphatic imine (C=N–C) groups is 1. The van der Waals surface area contributed by atoms with Crippen LogP contribution in [0.5, 0.6) is 0 Å². The van der Waals surface area contributed by atoms with E-state index < -0.39 is 0 Å². The Morgan fingerprint density at radius 3 is 2.19 bits per heavy atom. The number of fused-ring (bicyclic) bond motifs is 2. The molecular formula is C29H23N3. The fourth-order valence-corrected chi connectivity index (χ4v) is 4.73. The SMILES string of the molecule is Cc1nn2c(c1-c1ccccc1)N=C(c1ccc3ccccc3c1)CC2c1ccccc1. The number of hydrogen-bond donors (Lipinski definition) is 0. The Labute approximate surface area is 187 Å². The molecule has 0 amide bonds. The average Bonchev–Trinajstić information content (AvgIpc) is 3.20. The lowest BCUT2D eigenvalue weighted by molar-refractivity contribution is 0.529. The minimum absolute atomic E-state index is 0.112. The van der Waals surface area contributed by atoms with Crippen LogP contribution in [0.2, 0.25) is 0 Å². The van der Waals surface area contributed by atoms with Gasteiger partial charge in [0.15, 0.2) is 5.82 Å². The zero-order valence-electron chi connectivity index (χ0n) is 17.9. The molecule has 5 aromatic rings. The predicted octanol–water partition coefficient (Wildman–Crippen LogP) is 7.13. The Hall–Kier alpha value is -3.98. The van der Waals surface area contributed by atoms with Gasteiger partial charge in [-0.1, -0.05) is 97.1 Å². The molecule has 0 saturated heterocycles. The Bertz CT molecular complexity index is 1450. The van der Waals surface area contributed by atoms with Crippen LogP contribution in [0.3, 0.4) is 0 Å². The first-order valence-electron chi connectivity index (χ1n) is 11.0. The normalized spacial score (nSPS) is 15.4. The molecule has 0 N–H and O–H groups in total. The molecule has 1 unspecified atom stereocenters. The largest absolute Gasteiger partial charge is 0.239 e. The van der Waals surface area contributed by atoms with Crippen LogP contribution in [0.4, 0.5) is 5.82 Å². The maximum Gasteiger partial charge on any atom is 0.159 e. The van der Waals surface area contributed by atoms with Crippen molar-refractivity contribution in [1.82, 2.24) is 9.78 Å². The molecular weight excluding hydrogens is 390 g/mol. The summed E-state index contributed by atoms with van der Waals surface area (Å²) in [7, 11) is 0. The average molecular weight is 414 g/mol. The molecule has 1 aromatic heterocycles. The van der Waals surface area contributed by atoms with E-state index in [1.807, 2.05) is 6.07 Å². The van der Waals surface area contributed by atoms with Gasteiger partial charge in [-0.15, -0.1) is 0 Å². The quantitative estimate of drug-likeness (QED) is 0.309. The van der Waals surface area contributed by atoms with Crippen LogP contribution in [-0.2, 0) is 0 Å². The highest BCUT2D eigenvalue weighted by molar-refractivity contribution is 6.06. The topological polar surface area (TPSA) is 30.2 Å². The molecule has 0 aliphatic carbocycles. The van der Waals surface area contributed by atoms with E-state index in [-0.39, 0.29) is 6.04 Å². The summed E-state index contributed by atoms with van der Waals surface area (Å²) in [4.78, 5) is 5.21. The summed E-state index contributed by atoms with van der Waals surface area (Å²) in [5, 5.41) is 7.46. The van der Waals surface area contributed by atoms with Crippen LogP contribution in [-0.4, -0.2) is 15.5 Å². The minimum atomic E-state index is 0.112. The van der Waals surface area contributed by atoms with Gasteiger partial charge in [0.25, 0.3) is 0 Å². The van der Waals surface area contributed by atoms with Gasteiger partial charge in [-0.25, -0.2) is 9.67 Å². The maximum atomic E-state index is 5.21. The third-order valence-corrected chi connectivity index (χ3v) is 6.31. The van der Waals surface area contributed by atoms with Crippen LogP contribution >= 0.6 is 0 Å². The number of nitrogens with zero attached hydrogens (tertiary/aromatic N) is 3. The molecule has 0 bridgehead atoms. The molecule has 3 nitrogen and oxygen atoms in total. The van der Waals surface area contributed by atoms with E-state index in [4.69, 9.17) is 10.1 Å². The fraction of sp³-hybridized carbons (Fsp3) is 0.103. The highest BCUT2D eigenvalue weighted by Gasteiger charge is 2.29. The Balaban J connectivity index is 1.57. The van der Waals surface area contributed by atoms with Gasteiger partial charge in [-0.3, -0.25) is 0 Å². The number of hydrogen-bond acceptors (Lipinski definition) is 2. The van der Waals surface area contributed by atoms with E-state index in [9.17, 15) is 0 Å². The summed E-state index contributed by atoms with van der Waals surface area (Å²) in [6, 6.07) is 36.4. The van der Waals surface area contributed by atoms with E-state index in [1.165, 1.54) is 21.9 Å². The van der Waals surface area contributed by atoms with Crippen molar-refractivity contribution in [3.05, 3.63) is 120 Å². The van der Waals surface area contributed by atoms with Crippen molar-refractivity contribution in [3.8, 4) is 11.1 Å². The van der Waals surface area contributed by atoms with Crippen molar-refractivity contribution in [2.75, 3.05) is 0 Å². The predicted molar refractivity (Wildman–Crippen MR) is 132 cm³/mol. The van der Waals surface area contributed by atoms with Crippen LogP contribution in [0.1, 0.15) is 29.3 Å². The first-order chi connectivity index (χ1) is 15.8.